The molecule has 0 N–H and O–H groups in total. The van der Waals surface area contributed by atoms with Crippen LogP contribution in [-0.4, -0.2) is 5.16 Å². The fourth-order valence-corrected chi connectivity index (χ4v) is 1.28. The maximum Gasteiger partial charge on any atom is 0.133 e. The summed E-state index contributed by atoms with van der Waals surface area (Å²) in [5.41, 5.74) is 1.16. The van der Waals surface area contributed by atoms with E-state index in [1.165, 1.54) is 19.3 Å². The van der Waals surface area contributed by atoms with E-state index < -0.39 is 0 Å². The SMILES string of the molecule is Cc1cc(C2CCC2)no1. The van der Waals surface area contributed by atoms with Gasteiger partial charge in [0.15, 0.2) is 0 Å². The van der Waals surface area contributed by atoms with Gasteiger partial charge in [-0.1, -0.05) is 11.6 Å². The van der Waals surface area contributed by atoms with Crippen LogP contribution in [0.5, 0.6) is 0 Å². The molecule has 2 nitrogen and oxygen atoms in total. The molecule has 0 spiro atoms. The first-order valence-electron chi connectivity index (χ1n) is 3.79. The zero-order chi connectivity index (χ0) is 6.97. The van der Waals surface area contributed by atoms with E-state index >= 15 is 0 Å². The first kappa shape index (κ1) is 5.96. The molecule has 1 aromatic rings. The Hall–Kier alpha value is -0.790. The van der Waals surface area contributed by atoms with Gasteiger partial charge in [-0.25, -0.2) is 0 Å². The van der Waals surface area contributed by atoms with Crippen LogP contribution < -0.4 is 0 Å². The molecular weight excluding hydrogens is 126 g/mol. The highest BCUT2D eigenvalue weighted by molar-refractivity contribution is 5.11. The highest BCUT2D eigenvalue weighted by Gasteiger charge is 2.22. The third-order valence-electron chi connectivity index (χ3n) is 2.17. The van der Waals surface area contributed by atoms with E-state index in [2.05, 4.69) is 5.16 Å². The van der Waals surface area contributed by atoms with Gasteiger partial charge < -0.3 is 4.52 Å². The van der Waals surface area contributed by atoms with Gasteiger partial charge in [-0.3, -0.25) is 0 Å². The van der Waals surface area contributed by atoms with Crippen LogP contribution in [0.25, 0.3) is 0 Å². The lowest BCUT2D eigenvalue weighted by atomic mass is 9.83. The van der Waals surface area contributed by atoms with E-state index in [0.29, 0.717) is 5.92 Å². The summed E-state index contributed by atoms with van der Waals surface area (Å²) in [5.74, 6) is 1.64. The molecule has 1 aromatic heterocycles. The monoisotopic (exact) mass is 137 g/mol. The third-order valence-corrected chi connectivity index (χ3v) is 2.17. The van der Waals surface area contributed by atoms with Crippen molar-refractivity contribution in [1.29, 1.82) is 0 Å². The molecule has 1 fully saturated rings. The fraction of sp³-hybridized carbons (Fsp3) is 0.625. The first-order valence-corrected chi connectivity index (χ1v) is 3.79. The number of hydrogen-bond donors (Lipinski definition) is 0. The Morgan fingerprint density at radius 2 is 2.40 bits per heavy atom. The second-order valence-corrected chi connectivity index (χ2v) is 2.99. The summed E-state index contributed by atoms with van der Waals surface area (Å²) in [6.45, 7) is 1.94. The highest BCUT2D eigenvalue weighted by Crippen LogP contribution is 2.35. The molecule has 1 saturated carbocycles. The minimum atomic E-state index is 0.706. The van der Waals surface area contributed by atoms with Crippen LogP contribution in [0.1, 0.15) is 36.6 Å². The van der Waals surface area contributed by atoms with E-state index in [1.807, 2.05) is 13.0 Å². The molecule has 2 rings (SSSR count). The summed E-state index contributed by atoms with van der Waals surface area (Å²) in [4.78, 5) is 0. The number of hydrogen-bond acceptors (Lipinski definition) is 2. The Morgan fingerprint density at radius 1 is 1.60 bits per heavy atom. The molecule has 0 aliphatic heterocycles. The van der Waals surface area contributed by atoms with Crippen LogP contribution in [0.15, 0.2) is 10.6 Å². The Kier molecular flexibility index (Phi) is 1.26. The maximum absolute atomic E-state index is 4.97. The van der Waals surface area contributed by atoms with Crippen molar-refractivity contribution in [3.63, 3.8) is 0 Å². The van der Waals surface area contributed by atoms with Crippen molar-refractivity contribution in [3.05, 3.63) is 17.5 Å². The predicted molar refractivity (Wildman–Crippen MR) is 37.8 cm³/mol. The lowest BCUT2D eigenvalue weighted by Crippen LogP contribution is -2.08. The van der Waals surface area contributed by atoms with Crippen LogP contribution in [0.3, 0.4) is 0 Å². The molecule has 54 valence electrons. The summed E-state index contributed by atoms with van der Waals surface area (Å²) >= 11 is 0. The minimum Gasteiger partial charge on any atom is -0.361 e. The molecule has 0 saturated heterocycles. The van der Waals surface area contributed by atoms with E-state index in [0.717, 1.165) is 11.5 Å². The van der Waals surface area contributed by atoms with Crippen molar-refractivity contribution in [2.45, 2.75) is 32.1 Å². The largest absolute Gasteiger partial charge is 0.361 e. The quantitative estimate of drug-likeness (QED) is 0.593. The van der Waals surface area contributed by atoms with Crippen molar-refractivity contribution >= 4 is 0 Å². The van der Waals surface area contributed by atoms with E-state index in [4.69, 9.17) is 4.52 Å². The first-order chi connectivity index (χ1) is 4.86. The van der Waals surface area contributed by atoms with Crippen LogP contribution in [0.4, 0.5) is 0 Å². The topological polar surface area (TPSA) is 26.0 Å². The lowest BCUT2D eigenvalue weighted by Gasteiger charge is -2.22. The highest BCUT2D eigenvalue weighted by atomic mass is 16.5. The standard InChI is InChI=1S/C8H11NO/c1-6-5-8(9-10-6)7-3-2-4-7/h5,7H,2-4H2,1H3. The van der Waals surface area contributed by atoms with Gasteiger partial charge in [0.05, 0.1) is 5.69 Å². The number of aromatic nitrogens is 1. The number of aryl methyl sites for hydroxylation is 1. The van der Waals surface area contributed by atoms with Gasteiger partial charge in [0.25, 0.3) is 0 Å². The van der Waals surface area contributed by atoms with Crippen molar-refractivity contribution in [2.75, 3.05) is 0 Å². The van der Waals surface area contributed by atoms with Crippen LogP contribution in [0, 0.1) is 6.92 Å². The molecular formula is C8H11NO. The molecule has 0 unspecified atom stereocenters. The molecule has 2 heteroatoms. The Balaban J connectivity index is 2.17. The van der Waals surface area contributed by atoms with Crippen molar-refractivity contribution < 1.29 is 4.52 Å². The van der Waals surface area contributed by atoms with Crippen LogP contribution >= 0.6 is 0 Å². The minimum absolute atomic E-state index is 0.706. The average Bonchev–Trinajstić information content (AvgIpc) is 2.10. The second kappa shape index (κ2) is 2.11. The van der Waals surface area contributed by atoms with Gasteiger partial charge in [0.1, 0.15) is 5.76 Å². The van der Waals surface area contributed by atoms with E-state index in [-0.39, 0.29) is 0 Å². The van der Waals surface area contributed by atoms with Crippen molar-refractivity contribution in [2.24, 2.45) is 0 Å². The molecule has 0 aromatic carbocycles. The molecule has 1 heterocycles. The Morgan fingerprint density at radius 3 is 2.80 bits per heavy atom. The van der Waals surface area contributed by atoms with Gasteiger partial charge in [-0.15, -0.1) is 0 Å². The molecule has 1 aliphatic carbocycles. The van der Waals surface area contributed by atoms with Crippen LogP contribution in [-0.2, 0) is 0 Å². The predicted octanol–water partition coefficient (Wildman–Crippen LogP) is 2.25. The molecule has 0 radical (unpaired) electrons. The zero-order valence-electron chi connectivity index (χ0n) is 6.13. The second-order valence-electron chi connectivity index (χ2n) is 2.99. The molecule has 1 aliphatic rings. The fourth-order valence-electron chi connectivity index (χ4n) is 1.28. The van der Waals surface area contributed by atoms with E-state index in [1.54, 1.807) is 0 Å². The summed E-state index contributed by atoms with van der Waals surface area (Å²) in [6, 6.07) is 2.05. The summed E-state index contributed by atoms with van der Waals surface area (Å²) in [5, 5.41) is 3.96. The smallest absolute Gasteiger partial charge is 0.133 e. The number of nitrogens with zero attached hydrogens (tertiary/aromatic N) is 1. The summed E-state index contributed by atoms with van der Waals surface area (Å²) in [6.07, 6.45) is 3.95. The summed E-state index contributed by atoms with van der Waals surface area (Å²) < 4.78 is 4.97. The molecule has 0 bridgehead atoms. The van der Waals surface area contributed by atoms with Gasteiger partial charge in [-0.2, -0.15) is 0 Å². The lowest BCUT2D eigenvalue weighted by molar-refractivity contribution is 0.354. The van der Waals surface area contributed by atoms with Gasteiger partial charge >= 0.3 is 0 Å². The Bertz CT molecular complexity index is 225. The van der Waals surface area contributed by atoms with Gasteiger partial charge in [0, 0.05) is 12.0 Å². The van der Waals surface area contributed by atoms with Gasteiger partial charge in [-0.05, 0) is 19.8 Å². The van der Waals surface area contributed by atoms with Crippen LogP contribution in [0.2, 0.25) is 0 Å². The van der Waals surface area contributed by atoms with Crippen molar-refractivity contribution in [1.82, 2.24) is 5.16 Å². The third kappa shape index (κ3) is 0.838. The zero-order valence-corrected chi connectivity index (χ0v) is 6.13. The maximum atomic E-state index is 4.97. The van der Waals surface area contributed by atoms with Gasteiger partial charge in [0.2, 0.25) is 0 Å². The average molecular weight is 137 g/mol. The Labute approximate surface area is 60.2 Å². The molecule has 0 amide bonds. The molecule has 10 heavy (non-hydrogen) atoms. The van der Waals surface area contributed by atoms with E-state index in [9.17, 15) is 0 Å². The van der Waals surface area contributed by atoms with Crippen molar-refractivity contribution in [3.8, 4) is 0 Å². The summed E-state index contributed by atoms with van der Waals surface area (Å²) in [7, 11) is 0. The molecule has 0 atom stereocenters. The number of rotatable bonds is 1. The normalized spacial score (nSPS) is 18.9.